The van der Waals surface area contributed by atoms with Crippen LogP contribution in [-0.4, -0.2) is 25.2 Å². The molecule has 0 atom stereocenters. The van der Waals surface area contributed by atoms with Crippen molar-refractivity contribution in [2.45, 2.75) is 26.7 Å². The second-order valence-corrected chi connectivity index (χ2v) is 9.88. The third kappa shape index (κ3) is 8.37. The summed E-state index contributed by atoms with van der Waals surface area (Å²) < 4.78 is 5.21. The van der Waals surface area contributed by atoms with Crippen LogP contribution in [-0.2, 0) is 36.9 Å². The highest BCUT2D eigenvalue weighted by Crippen LogP contribution is 2.31. The molecule has 41 heavy (non-hydrogen) atoms. The van der Waals surface area contributed by atoms with E-state index in [4.69, 9.17) is 9.62 Å². The molecule has 0 heterocycles. The average Bonchev–Trinajstić information content (AvgIpc) is 2.98. The number of hydrogen-bond acceptors (Lipinski definition) is 5. The molecule has 0 aromatic heterocycles. The first-order chi connectivity index (χ1) is 19.8. The summed E-state index contributed by atoms with van der Waals surface area (Å²) in [6.45, 7) is 11.5. The van der Waals surface area contributed by atoms with Crippen LogP contribution in [0.25, 0.3) is 33.4 Å². The number of esters is 1. The first kappa shape index (κ1) is 29.2. The molecule has 0 unspecified atom stereocenters. The third-order valence-electron chi connectivity index (χ3n) is 6.58. The van der Waals surface area contributed by atoms with Gasteiger partial charge in [0.1, 0.15) is 0 Å². The van der Waals surface area contributed by atoms with Gasteiger partial charge in [0.25, 0.3) is 0 Å². The van der Waals surface area contributed by atoms with Crippen LogP contribution in [0.15, 0.2) is 110 Å². The van der Waals surface area contributed by atoms with E-state index in [1.807, 2.05) is 6.07 Å². The topological polar surface area (TPSA) is 61.8 Å². The molecular formula is C36H34O5. The number of aryl methyl sites for hydroxylation is 2. The Morgan fingerprint density at radius 1 is 0.610 bits per heavy atom. The summed E-state index contributed by atoms with van der Waals surface area (Å²) in [7, 11) is 0. The zero-order chi connectivity index (χ0) is 29.2. The number of benzene rings is 4. The Balaban J connectivity index is 1.62. The smallest absolute Gasteiger partial charge is 0.365 e. The van der Waals surface area contributed by atoms with E-state index in [0.29, 0.717) is 12.8 Å². The van der Waals surface area contributed by atoms with Gasteiger partial charge in [0, 0.05) is 18.6 Å². The van der Waals surface area contributed by atoms with Crippen LogP contribution in [0.2, 0.25) is 0 Å². The van der Waals surface area contributed by atoms with E-state index in [0.717, 1.165) is 45.5 Å². The molecule has 4 aromatic rings. The monoisotopic (exact) mass is 546 g/mol. The number of carbonyl (C=O) groups excluding carboxylic acids is 2. The predicted molar refractivity (Wildman–Crippen MR) is 163 cm³/mol. The lowest BCUT2D eigenvalue weighted by Gasteiger charge is -2.13. The van der Waals surface area contributed by atoms with Crippen molar-refractivity contribution in [3.8, 4) is 33.4 Å². The minimum atomic E-state index is -0.637. The number of hydrogen-bond donors (Lipinski definition) is 0. The largest absolute Gasteiger partial charge is 0.462 e. The second-order valence-electron chi connectivity index (χ2n) is 9.88. The average molecular weight is 547 g/mol. The van der Waals surface area contributed by atoms with Gasteiger partial charge in [-0.3, -0.25) is 4.89 Å². The normalized spacial score (nSPS) is 10.6. The zero-order valence-corrected chi connectivity index (χ0v) is 23.5. The van der Waals surface area contributed by atoms with E-state index in [1.165, 1.54) is 22.3 Å². The van der Waals surface area contributed by atoms with Gasteiger partial charge in [-0.25, -0.2) is 9.59 Å². The molecule has 5 nitrogen and oxygen atoms in total. The number of rotatable bonds is 12. The minimum Gasteiger partial charge on any atom is -0.462 e. The van der Waals surface area contributed by atoms with Crippen LogP contribution in [0.1, 0.15) is 22.3 Å². The molecule has 0 aliphatic heterocycles. The van der Waals surface area contributed by atoms with Gasteiger partial charge in [-0.15, -0.1) is 0 Å². The highest BCUT2D eigenvalue weighted by Gasteiger charge is 2.09. The maximum absolute atomic E-state index is 11.5. The summed E-state index contributed by atoms with van der Waals surface area (Å²) >= 11 is 0. The van der Waals surface area contributed by atoms with Crippen molar-refractivity contribution in [3.63, 3.8) is 0 Å². The molecule has 4 aromatic carbocycles. The summed E-state index contributed by atoms with van der Waals surface area (Å²) in [5, 5.41) is 0. The van der Waals surface area contributed by atoms with Crippen LogP contribution in [0.3, 0.4) is 0 Å². The Labute approximate surface area is 241 Å². The summed E-state index contributed by atoms with van der Waals surface area (Å²) in [5.74, 6) is -1.09. The van der Waals surface area contributed by atoms with E-state index < -0.39 is 11.9 Å². The van der Waals surface area contributed by atoms with E-state index in [9.17, 15) is 9.59 Å². The minimum absolute atomic E-state index is 0.194. The maximum Gasteiger partial charge on any atom is 0.365 e. The Kier molecular flexibility index (Phi) is 10.0. The fraction of sp³-hybridized carbons (Fsp3) is 0.167. The highest BCUT2D eigenvalue weighted by molar-refractivity contribution is 5.81. The molecule has 0 aliphatic rings. The molecular weight excluding hydrogens is 512 g/mol. The van der Waals surface area contributed by atoms with Crippen LogP contribution < -0.4 is 0 Å². The van der Waals surface area contributed by atoms with Gasteiger partial charge in [0.2, 0.25) is 0 Å². The fourth-order valence-corrected chi connectivity index (χ4v) is 4.74. The molecule has 4 rings (SSSR count). The molecule has 0 aliphatic carbocycles. The van der Waals surface area contributed by atoms with Gasteiger partial charge in [0.05, 0.1) is 13.2 Å². The van der Waals surface area contributed by atoms with E-state index >= 15 is 0 Å². The zero-order valence-electron chi connectivity index (χ0n) is 23.5. The maximum atomic E-state index is 11.5. The third-order valence-corrected chi connectivity index (χ3v) is 6.58. The summed E-state index contributed by atoms with van der Waals surface area (Å²) in [6, 6.07) is 29.9. The second kappa shape index (κ2) is 14.1. The fourth-order valence-electron chi connectivity index (χ4n) is 4.74. The quantitative estimate of drug-likeness (QED) is 0.0597. The number of carbonyl (C=O) groups is 2. The van der Waals surface area contributed by atoms with Crippen molar-refractivity contribution in [1.29, 1.82) is 0 Å². The van der Waals surface area contributed by atoms with Gasteiger partial charge in [-0.05, 0) is 76.9 Å². The SMILES string of the molecule is C=CC(=O)OCCc1cc(CCOOC(=O)C=C)cc(-c2cccc(-c3cccc(-c4cc(C)cc(C)c4)c3)c2)c1. The molecule has 0 fully saturated rings. The number of ether oxygens (including phenoxy) is 1. The Morgan fingerprint density at radius 2 is 1.10 bits per heavy atom. The summed E-state index contributed by atoms with van der Waals surface area (Å²) in [6.07, 6.45) is 3.28. The van der Waals surface area contributed by atoms with Crippen LogP contribution in [0, 0.1) is 13.8 Å². The lowest BCUT2D eigenvalue weighted by molar-refractivity contribution is -0.266. The summed E-state index contributed by atoms with van der Waals surface area (Å²) in [4.78, 5) is 32.5. The lowest BCUT2D eigenvalue weighted by atomic mass is 9.93. The van der Waals surface area contributed by atoms with E-state index in [-0.39, 0.29) is 13.2 Å². The Morgan fingerprint density at radius 3 is 1.63 bits per heavy atom. The molecule has 0 saturated heterocycles. The van der Waals surface area contributed by atoms with Gasteiger partial charge < -0.3 is 4.74 Å². The van der Waals surface area contributed by atoms with Crippen molar-refractivity contribution >= 4 is 11.9 Å². The molecule has 0 spiro atoms. The van der Waals surface area contributed by atoms with Crippen molar-refractivity contribution in [2.75, 3.05) is 13.2 Å². The van der Waals surface area contributed by atoms with Crippen molar-refractivity contribution in [3.05, 3.63) is 132 Å². The molecule has 0 amide bonds. The van der Waals surface area contributed by atoms with E-state index in [2.05, 4.69) is 111 Å². The molecule has 0 saturated carbocycles. The van der Waals surface area contributed by atoms with Crippen molar-refractivity contribution in [2.24, 2.45) is 0 Å². The van der Waals surface area contributed by atoms with Crippen molar-refractivity contribution < 1.29 is 24.1 Å². The molecule has 0 N–H and O–H groups in total. The Bertz CT molecular complexity index is 1550. The molecule has 0 radical (unpaired) electrons. The Hall–Kier alpha value is -4.74. The van der Waals surface area contributed by atoms with Gasteiger partial charge in [0.15, 0.2) is 0 Å². The van der Waals surface area contributed by atoms with Gasteiger partial charge in [-0.1, -0.05) is 97.1 Å². The first-order valence-electron chi connectivity index (χ1n) is 13.5. The van der Waals surface area contributed by atoms with Crippen LogP contribution in [0.4, 0.5) is 0 Å². The standard InChI is InChI=1S/C36H34O5/c1-5-35(37)39-15-13-27-20-28(14-16-40-41-36(38)6-2)22-34(21-27)32-12-8-10-30(24-32)29-9-7-11-31(23-29)33-18-25(3)17-26(4)19-33/h5-12,17-24H,1-2,13-16H2,3-4H3. The lowest BCUT2D eigenvalue weighted by Crippen LogP contribution is -2.06. The predicted octanol–water partition coefficient (Wildman–Crippen LogP) is 7.78. The van der Waals surface area contributed by atoms with Crippen LogP contribution in [0.5, 0.6) is 0 Å². The van der Waals surface area contributed by atoms with Gasteiger partial charge >= 0.3 is 11.9 Å². The molecule has 0 bridgehead atoms. The van der Waals surface area contributed by atoms with E-state index in [1.54, 1.807) is 0 Å². The van der Waals surface area contributed by atoms with Gasteiger partial charge in [-0.2, -0.15) is 4.89 Å². The summed E-state index contributed by atoms with van der Waals surface area (Å²) in [5.41, 5.74) is 11.2. The van der Waals surface area contributed by atoms with Crippen LogP contribution >= 0.6 is 0 Å². The molecule has 208 valence electrons. The first-order valence-corrected chi connectivity index (χ1v) is 13.5. The highest BCUT2D eigenvalue weighted by atomic mass is 17.2. The van der Waals surface area contributed by atoms with Crippen molar-refractivity contribution in [1.82, 2.24) is 0 Å². The molecule has 5 heteroatoms.